The van der Waals surface area contributed by atoms with Crippen molar-refractivity contribution in [2.45, 2.75) is 24.1 Å². The highest BCUT2D eigenvalue weighted by atomic mass is 32.2. The van der Waals surface area contributed by atoms with Crippen LogP contribution >= 0.6 is 11.3 Å². The van der Waals surface area contributed by atoms with Gasteiger partial charge in [0, 0.05) is 18.0 Å². The first-order valence-electron chi connectivity index (χ1n) is 6.46. The maximum Gasteiger partial charge on any atom is 0.250 e. The maximum absolute atomic E-state index is 13.4. The molecule has 4 nitrogen and oxygen atoms in total. The minimum atomic E-state index is -3.56. The largest absolute Gasteiger partial charge is 0.326 e. The van der Waals surface area contributed by atoms with E-state index in [1.807, 2.05) is 6.92 Å². The monoisotopic (exact) mass is 328 g/mol. The lowest BCUT2D eigenvalue weighted by Gasteiger charge is -2.05. The van der Waals surface area contributed by atoms with Gasteiger partial charge in [-0.3, -0.25) is 0 Å². The quantitative estimate of drug-likeness (QED) is 0.854. The highest BCUT2D eigenvalue weighted by molar-refractivity contribution is 7.91. The zero-order chi connectivity index (χ0) is 15.5. The van der Waals surface area contributed by atoms with Gasteiger partial charge in [-0.15, -0.1) is 11.3 Å². The molecule has 114 valence electrons. The minimum Gasteiger partial charge on any atom is -0.326 e. The van der Waals surface area contributed by atoms with Crippen LogP contribution in [0.4, 0.5) is 4.39 Å². The second-order valence-corrected chi connectivity index (χ2v) is 7.75. The predicted octanol–water partition coefficient (Wildman–Crippen LogP) is 2.18. The molecule has 21 heavy (non-hydrogen) atoms. The fraction of sp³-hybridized carbons (Fsp3) is 0.286. The molecule has 0 saturated carbocycles. The molecule has 0 amide bonds. The van der Waals surface area contributed by atoms with Crippen molar-refractivity contribution in [2.75, 3.05) is 6.54 Å². The van der Waals surface area contributed by atoms with Crippen molar-refractivity contribution in [3.05, 3.63) is 52.2 Å². The summed E-state index contributed by atoms with van der Waals surface area (Å²) in [4.78, 5) is 0.851. The Kier molecular flexibility index (Phi) is 5.10. The van der Waals surface area contributed by atoms with Crippen molar-refractivity contribution in [2.24, 2.45) is 5.73 Å². The molecule has 3 N–H and O–H groups in total. The molecule has 0 aliphatic rings. The van der Waals surface area contributed by atoms with Crippen LogP contribution in [0.2, 0.25) is 0 Å². The van der Waals surface area contributed by atoms with E-state index in [4.69, 9.17) is 5.73 Å². The van der Waals surface area contributed by atoms with Crippen LogP contribution in [0.5, 0.6) is 0 Å². The summed E-state index contributed by atoms with van der Waals surface area (Å²) >= 11 is 1.17. The Labute approximate surface area is 127 Å². The molecule has 0 saturated heterocycles. The third-order valence-corrected chi connectivity index (χ3v) is 6.29. The fourth-order valence-corrected chi connectivity index (χ4v) is 4.46. The van der Waals surface area contributed by atoms with Crippen molar-refractivity contribution >= 4 is 21.4 Å². The molecule has 1 aromatic heterocycles. The molecule has 0 aliphatic heterocycles. The molecular weight excluding hydrogens is 311 g/mol. The second kappa shape index (κ2) is 6.65. The van der Waals surface area contributed by atoms with E-state index in [0.29, 0.717) is 18.5 Å². The van der Waals surface area contributed by atoms with Gasteiger partial charge in [-0.1, -0.05) is 18.2 Å². The van der Waals surface area contributed by atoms with Crippen molar-refractivity contribution < 1.29 is 12.8 Å². The average molecular weight is 328 g/mol. The van der Waals surface area contributed by atoms with Crippen LogP contribution in [0.1, 0.15) is 16.0 Å². The summed E-state index contributed by atoms with van der Waals surface area (Å²) in [5.41, 5.74) is 6.92. The van der Waals surface area contributed by atoms with E-state index >= 15 is 0 Å². The molecule has 0 bridgehead atoms. The Balaban J connectivity index is 2.03. The molecule has 0 spiro atoms. The lowest BCUT2D eigenvalue weighted by Crippen LogP contribution is -2.25. The Morgan fingerprint density at radius 2 is 2.05 bits per heavy atom. The zero-order valence-corrected chi connectivity index (χ0v) is 13.2. The van der Waals surface area contributed by atoms with Crippen molar-refractivity contribution in [1.82, 2.24) is 4.72 Å². The van der Waals surface area contributed by atoms with Crippen LogP contribution in [0.3, 0.4) is 0 Å². The van der Waals surface area contributed by atoms with Crippen LogP contribution in [0.25, 0.3) is 0 Å². The van der Waals surface area contributed by atoms with Gasteiger partial charge in [-0.25, -0.2) is 17.5 Å². The van der Waals surface area contributed by atoms with Crippen LogP contribution in [0, 0.1) is 12.7 Å². The van der Waals surface area contributed by atoms with E-state index in [9.17, 15) is 12.8 Å². The smallest absolute Gasteiger partial charge is 0.250 e. The third kappa shape index (κ3) is 3.88. The standard InChI is InChI=1S/C14H17FN2O2S2/c1-10-8-14(20-13(10)9-16)21(18,19)17-7-6-11-4-2-3-5-12(11)15/h2-5,8,17H,6-7,9,16H2,1H3. The van der Waals surface area contributed by atoms with Crippen LogP contribution in [0.15, 0.2) is 34.5 Å². The summed E-state index contributed by atoms with van der Waals surface area (Å²) in [6.45, 7) is 2.30. The first-order valence-corrected chi connectivity index (χ1v) is 8.76. The molecule has 2 aromatic rings. The molecule has 0 radical (unpaired) electrons. The molecule has 0 aliphatic carbocycles. The van der Waals surface area contributed by atoms with Gasteiger partial charge >= 0.3 is 0 Å². The molecule has 0 fully saturated rings. The lowest BCUT2D eigenvalue weighted by atomic mass is 10.1. The number of nitrogens with two attached hydrogens (primary N) is 1. The molecule has 0 atom stereocenters. The first kappa shape index (κ1) is 16.1. The van der Waals surface area contributed by atoms with Crippen molar-refractivity contribution in [3.63, 3.8) is 0 Å². The highest BCUT2D eigenvalue weighted by Gasteiger charge is 2.18. The SMILES string of the molecule is Cc1cc(S(=O)(=O)NCCc2ccccc2F)sc1CN. The Morgan fingerprint density at radius 1 is 1.33 bits per heavy atom. The fourth-order valence-electron chi connectivity index (χ4n) is 1.92. The second-order valence-electron chi connectivity index (χ2n) is 4.61. The number of nitrogens with one attached hydrogen (secondary N) is 1. The molecule has 1 aromatic carbocycles. The van der Waals surface area contributed by atoms with E-state index < -0.39 is 10.0 Å². The predicted molar refractivity (Wildman–Crippen MR) is 82.2 cm³/mol. The minimum absolute atomic E-state index is 0.151. The normalized spacial score (nSPS) is 11.8. The molecular formula is C14H17FN2O2S2. The summed E-state index contributed by atoms with van der Waals surface area (Å²) in [6.07, 6.45) is 0.306. The highest BCUT2D eigenvalue weighted by Crippen LogP contribution is 2.25. The van der Waals surface area contributed by atoms with Crippen molar-refractivity contribution in [1.29, 1.82) is 0 Å². The van der Waals surface area contributed by atoms with Gasteiger partial charge in [0.05, 0.1) is 0 Å². The number of hydrogen-bond acceptors (Lipinski definition) is 4. The number of benzene rings is 1. The van der Waals surface area contributed by atoms with E-state index in [0.717, 1.165) is 10.4 Å². The van der Waals surface area contributed by atoms with Gasteiger partial charge in [-0.05, 0) is 36.6 Å². The number of hydrogen-bond donors (Lipinski definition) is 2. The average Bonchev–Trinajstić information content (AvgIpc) is 2.83. The molecule has 1 heterocycles. The van der Waals surface area contributed by atoms with Crippen LogP contribution in [-0.2, 0) is 23.0 Å². The summed E-state index contributed by atoms with van der Waals surface area (Å²) in [5, 5.41) is 0. The molecule has 2 rings (SSSR count). The van der Waals surface area contributed by atoms with Crippen molar-refractivity contribution in [3.8, 4) is 0 Å². The summed E-state index contributed by atoms with van der Waals surface area (Å²) in [5.74, 6) is -0.325. The van der Waals surface area contributed by atoms with Gasteiger partial charge < -0.3 is 5.73 Å². The summed E-state index contributed by atoms with van der Waals surface area (Å²) in [6, 6.07) is 7.94. The van der Waals surface area contributed by atoms with Crippen LogP contribution in [-0.4, -0.2) is 15.0 Å². The van der Waals surface area contributed by atoms with E-state index in [1.165, 1.54) is 17.4 Å². The molecule has 7 heteroatoms. The lowest BCUT2D eigenvalue weighted by molar-refractivity contribution is 0.579. The Morgan fingerprint density at radius 3 is 2.67 bits per heavy atom. The van der Waals surface area contributed by atoms with Gasteiger partial charge in [-0.2, -0.15) is 0 Å². The third-order valence-electron chi connectivity index (χ3n) is 3.09. The van der Waals surface area contributed by atoms with Gasteiger partial charge in [0.15, 0.2) is 0 Å². The number of aryl methyl sites for hydroxylation is 1. The number of rotatable bonds is 6. The first-order chi connectivity index (χ1) is 9.94. The number of halogens is 1. The topological polar surface area (TPSA) is 72.2 Å². The van der Waals surface area contributed by atoms with Crippen LogP contribution < -0.4 is 10.5 Å². The summed E-state index contributed by atoms with van der Waals surface area (Å²) < 4.78 is 40.5. The number of thiophene rings is 1. The molecule has 0 unspecified atom stereocenters. The van der Waals surface area contributed by atoms with E-state index in [-0.39, 0.29) is 16.6 Å². The number of sulfonamides is 1. The Hall–Kier alpha value is -1.28. The maximum atomic E-state index is 13.4. The Bertz CT molecular complexity index is 726. The van der Waals surface area contributed by atoms with Gasteiger partial charge in [0.1, 0.15) is 10.0 Å². The van der Waals surface area contributed by atoms with Gasteiger partial charge in [0.25, 0.3) is 0 Å². The van der Waals surface area contributed by atoms with E-state index in [1.54, 1.807) is 24.3 Å². The summed E-state index contributed by atoms with van der Waals surface area (Å²) in [7, 11) is -3.56. The van der Waals surface area contributed by atoms with Gasteiger partial charge in [0.2, 0.25) is 10.0 Å². The van der Waals surface area contributed by atoms with E-state index in [2.05, 4.69) is 4.72 Å². The zero-order valence-electron chi connectivity index (χ0n) is 11.6.